The molecule has 0 fully saturated rings. The van der Waals surface area contributed by atoms with Gasteiger partial charge in [-0.25, -0.2) is 0 Å². The van der Waals surface area contributed by atoms with Gasteiger partial charge in [-0.05, 0) is 38.3 Å². The van der Waals surface area contributed by atoms with Crippen LogP contribution in [0.2, 0.25) is 0 Å². The number of esters is 1. The van der Waals surface area contributed by atoms with Crippen LogP contribution < -0.4 is 0 Å². The molecule has 20 heavy (non-hydrogen) atoms. The summed E-state index contributed by atoms with van der Waals surface area (Å²) in [6, 6.07) is 7.95. The molecule has 1 atom stereocenters. The van der Waals surface area contributed by atoms with E-state index in [4.69, 9.17) is 4.74 Å². The van der Waals surface area contributed by atoms with Gasteiger partial charge in [-0.1, -0.05) is 24.3 Å². The number of ether oxygens (including phenoxy) is 1. The standard InChI is InChI=1S/C16H21NO3/c1-4-20-15(18)10-17(11(2)3)16(19)14-9-12-7-5-6-8-13(12)14/h5-8,11,14H,4,9-10H2,1-3H3. The third-order valence-electron chi connectivity index (χ3n) is 3.66. The summed E-state index contributed by atoms with van der Waals surface area (Å²) >= 11 is 0. The van der Waals surface area contributed by atoms with Gasteiger partial charge in [0.05, 0.1) is 12.5 Å². The molecule has 0 saturated heterocycles. The van der Waals surface area contributed by atoms with Gasteiger partial charge in [-0.3, -0.25) is 9.59 Å². The minimum atomic E-state index is -0.345. The maximum absolute atomic E-state index is 12.6. The molecule has 1 aromatic carbocycles. The quantitative estimate of drug-likeness (QED) is 0.773. The predicted molar refractivity (Wildman–Crippen MR) is 76.4 cm³/mol. The molecule has 1 aliphatic rings. The fraction of sp³-hybridized carbons (Fsp3) is 0.500. The highest BCUT2D eigenvalue weighted by Gasteiger charge is 2.36. The van der Waals surface area contributed by atoms with Crippen LogP contribution in [0, 0.1) is 0 Å². The van der Waals surface area contributed by atoms with E-state index in [2.05, 4.69) is 0 Å². The Morgan fingerprint density at radius 3 is 2.65 bits per heavy atom. The summed E-state index contributed by atoms with van der Waals surface area (Å²) in [4.78, 5) is 25.8. The Hall–Kier alpha value is -1.84. The smallest absolute Gasteiger partial charge is 0.325 e. The summed E-state index contributed by atoms with van der Waals surface area (Å²) in [6.45, 7) is 5.97. The Labute approximate surface area is 119 Å². The van der Waals surface area contributed by atoms with Crippen molar-refractivity contribution in [2.24, 2.45) is 0 Å². The van der Waals surface area contributed by atoms with Crippen LogP contribution in [-0.4, -0.2) is 36.0 Å². The van der Waals surface area contributed by atoms with Gasteiger partial charge in [0.2, 0.25) is 5.91 Å². The number of hydrogen-bond donors (Lipinski definition) is 0. The first-order valence-electron chi connectivity index (χ1n) is 7.08. The summed E-state index contributed by atoms with van der Waals surface area (Å²) in [6.07, 6.45) is 0.765. The Bertz CT molecular complexity index is 510. The van der Waals surface area contributed by atoms with Crippen molar-refractivity contribution in [1.82, 2.24) is 4.90 Å². The molecule has 0 saturated carbocycles. The number of fused-ring (bicyclic) bond motifs is 1. The molecule has 4 heteroatoms. The fourth-order valence-corrected chi connectivity index (χ4v) is 2.54. The van der Waals surface area contributed by atoms with Crippen LogP contribution >= 0.6 is 0 Å². The first-order chi connectivity index (χ1) is 9.54. The van der Waals surface area contributed by atoms with Crippen LogP contribution in [0.3, 0.4) is 0 Å². The Morgan fingerprint density at radius 1 is 1.35 bits per heavy atom. The molecule has 108 valence electrons. The van der Waals surface area contributed by atoms with Crippen molar-refractivity contribution in [3.8, 4) is 0 Å². The van der Waals surface area contributed by atoms with Crippen molar-refractivity contribution in [1.29, 1.82) is 0 Å². The molecular formula is C16H21NO3. The number of nitrogens with zero attached hydrogens (tertiary/aromatic N) is 1. The van der Waals surface area contributed by atoms with E-state index in [0.717, 1.165) is 12.0 Å². The number of amides is 1. The van der Waals surface area contributed by atoms with Crippen molar-refractivity contribution in [3.63, 3.8) is 0 Å². The minimum Gasteiger partial charge on any atom is -0.465 e. The molecule has 0 radical (unpaired) electrons. The lowest BCUT2D eigenvalue weighted by atomic mass is 9.76. The van der Waals surface area contributed by atoms with Crippen molar-refractivity contribution < 1.29 is 14.3 Å². The van der Waals surface area contributed by atoms with E-state index in [1.54, 1.807) is 11.8 Å². The summed E-state index contributed by atoms with van der Waals surface area (Å²) < 4.78 is 4.94. The zero-order valence-corrected chi connectivity index (χ0v) is 12.3. The predicted octanol–water partition coefficient (Wildman–Crippen LogP) is 2.13. The van der Waals surface area contributed by atoms with Crippen LogP contribution in [0.25, 0.3) is 0 Å². The Kier molecular flexibility index (Phi) is 4.42. The van der Waals surface area contributed by atoms with Crippen LogP contribution in [0.5, 0.6) is 0 Å². The van der Waals surface area contributed by atoms with Crippen molar-refractivity contribution in [2.75, 3.05) is 13.2 Å². The highest BCUT2D eigenvalue weighted by atomic mass is 16.5. The zero-order chi connectivity index (χ0) is 14.7. The average Bonchev–Trinajstić information content (AvgIpc) is 2.37. The van der Waals surface area contributed by atoms with E-state index >= 15 is 0 Å². The molecule has 0 spiro atoms. The normalized spacial score (nSPS) is 16.3. The molecule has 0 bridgehead atoms. The maximum atomic E-state index is 12.6. The summed E-state index contributed by atoms with van der Waals surface area (Å²) in [5, 5.41) is 0. The molecule has 1 aliphatic carbocycles. The number of carbonyl (C=O) groups excluding carboxylic acids is 2. The van der Waals surface area contributed by atoms with Gasteiger partial charge in [0.1, 0.15) is 6.54 Å². The van der Waals surface area contributed by atoms with Gasteiger partial charge < -0.3 is 9.64 Å². The number of rotatable bonds is 5. The van der Waals surface area contributed by atoms with Gasteiger partial charge >= 0.3 is 5.97 Å². The fourth-order valence-electron chi connectivity index (χ4n) is 2.54. The third kappa shape index (κ3) is 2.84. The molecule has 1 unspecified atom stereocenters. The second-order valence-electron chi connectivity index (χ2n) is 5.32. The van der Waals surface area contributed by atoms with Gasteiger partial charge in [0.15, 0.2) is 0 Å². The molecule has 0 aliphatic heterocycles. The molecule has 4 nitrogen and oxygen atoms in total. The molecule has 0 aromatic heterocycles. The Balaban J connectivity index is 2.08. The molecule has 1 amide bonds. The van der Waals surface area contributed by atoms with Crippen LogP contribution in [0.4, 0.5) is 0 Å². The van der Waals surface area contributed by atoms with Gasteiger partial charge in [-0.15, -0.1) is 0 Å². The summed E-state index contributed by atoms with van der Waals surface area (Å²) in [5.74, 6) is -0.433. The average molecular weight is 275 g/mol. The highest BCUT2D eigenvalue weighted by molar-refractivity contribution is 5.89. The first kappa shape index (κ1) is 14.6. The maximum Gasteiger partial charge on any atom is 0.325 e. The lowest BCUT2D eigenvalue weighted by Crippen LogP contribution is -2.46. The summed E-state index contributed by atoms with van der Waals surface area (Å²) in [7, 11) is 0. The number of carbonyl (C=O) groups is 2. The second-order valence-corrected chi connectivity index (χ2v) is 5.32. The van der Waals surface area contributed by atoms with E-state index in [1.807, 2.05) is 38.1 Å². The van der Waals surface area contributed by atoms with Crippen molar-refractivity contribution in [2.45, 2.75) is 39.2 Å². The van der Waals surface area contributed by atoms with Gasteiger partial charge in [-0.2, -0.15) is 0 Å². The number of benzene rings is 1. The highest BCUT2D eigenvalue weighted by Crippen LogP contribution is 2.36. The molecule has 2 rings (SSSR count). The Morgan fingerprint density at radius 2 is 2.05 bits per heavy atom. The molecule has 0 heterocycles. The van der Waals surface area contributed by atoms with E-state index in [0.29, 0.717) is 6.61 Å². The van der Waals surface area contributed by atoms with Crippen molar-refractivity contribution >= 4 is 11.9 Å². The first-order valence-corrected chi connectivity index (χ1v) is 7.08. The lowest BCUT2D eigenvalue weighted by molar-refractivity contribution is -0.150. The molecule has 0 N–H and O–H groups in total. The van der Waals surface area contributed by atoms with Crippen molar-refractivity contribution in [3.05, 3.63) is 35.4 Å². The van der Waals surface area contributed by atoms with Gasteiger partial charge in [0, 0.05) is 6.04 Å². The number of hydrogen-bond acceptors (Lipinski definition) is 3. The topological polar surface area (TPSA) is 46.6 Å². The zero-order valence-electron chi connectivity index (χ0n) is 12.3. The largest absolute Gasteiger partial charge is 0.465 e. The molecule has 1 aromatic rings. The third-order valence-corrected chi connectivity index (χ3v) is 3.66. The monoisotopic (exact) mass is 275 g/mol. The molecular weight excluding hydrogens is 254 g/mol. The van der Waals surface area contributed by atoms with Crippen LogP contribution in [0.15, 0.2) is 24.3 Å². The van der Waals surface area contributed by atoms with Gasteiger partial charge in [0.25, 0.3) is 0 Å². The minimum absolute atomic E-state index is 0.0142. The van der Waals surface area contributed by atoms with E-state index in [9.17, 15) is 9.59 Å². The van der Waals surface area contributed by atoms with Crippen LogP contribution in [0.1, 0.15) is 37.8 Å². The lowest BCUT2D eigenvalue weighted by Gasteiger charge is -2.35. The van der Waals surface area contributed by atoms with E-state index < -0.39 is 0 Å². The van der Waals surface area contributed by atoms with Crippen LogP contribution in [-0.2, 0) is 20.7 Å². The second kappa shape index (κ2) is 6.07. The summed E-state index contributed by atoms with van der Waals surface area (Å²) in [5.41, 5.74) is 2.32. The van der Waals surface area contributed by atoms with E-state index in [-0.39, 0.29) is 30.4 Å². The SMILES string of the molecule is CCOC(=O)CN(C(=O)C1Cc2ccccc21)C(C)C. The van der Waals surface area contributed by atoms with E-state index in [1.165, 1.54) is 5.56 Å².